The van der Waals surface area contributed by atoms with Gasteiger partial charge in [-0.1, -0.05) is 0 Å². The topological polar surface area (TPSA) is 74.1 Å². The normalized spacial score (nSPS) is 17.1. The van der Waals surface area contributed by atoms with Gasteiger partial charge in [0, 0.05) is 13.2 Å². The monoisotopic (exact) mass is 339 g/mol. The molecule has 0 saturated carbocycles. The van der Waals surface area contributed by atoms with E-state index in [1.807, 2.05) is 35.9 Å². The molecule has 4 rings (SSSR count). The van der Waals surface area contributed by atoms with Crippen LogP contribution in [-0.2, 0) is 4.74 Å². The molecule has 0 bridgehead atoms. The van der Waals surface area contributed by atoms with Crippen molar-refractivity contribution < 1.29 is 9.47 Å². The van der Waals surface area contributed by atoms with Gasteiger partial charge in [-0.15, -0.1) is 0 Å². The molecule has 0 aliphatic carbocycles. The summed E-state index contributed by atoms with van der Waals surface area (Å²) in [5, 5.41) is 8.81. The number of fused-ring (bicyclic) bond motifs is 1. The highest BCUT2D eigenvalue weighted by Gasteiger charge is 2.17. The third-order valence-corrected chi connectivity index (χ3v) is 4.38. The number of aromatic nitrogens is 4. The Balaban J connectivity index is 1.67. The van der Waals surface area contributed by atoms with Crippen molar-refractivity contribution in [2.45, 2.75) is 25.9 Å². The second-order valence-electron chi connectivity index (χ2n) is 6.13. The van der Waals surface area contributed by atoms with E-state index in [-0.39, 0.29) is 6.10 Å². The first-order valence-corrected chi connectivity index (χ1v) is 8.47. The molecule has 1 saturated heterocycles. The number of nitrogens with one attached hydrogen (secondary N) is 1. The van der Waals surface area contributed by atoms with Gasteiger partial charge in [0.1, 0.15) is 17.4 Å². The Kier molecular flexibility index (Phi) is 4.23. The molecule has 7 nitrogen and oxygen atoms in total. The van der Waals surface area contributed by atoms with Gasteiger partial charge in [-0.25, -0.2) is 14.6 Å². The van der Waals surface area contributed by atoms with Gasteiger partial charge in [-0.05, 0) is 44.0 Å². The summed E-state index contributed by atoms with van der Waals surface area (Å²) in [6.45, 7) is 3.49. The lowest BCUT2D eigenvalue weighted by molar-refractivity contribution is 0.120. The lowest BCUT2D eigenvalue weighted by Crippen LogP contribution is -2.19. The zero-order valence-corrected chi connectivity index (χ0v) is 14.4. The number of methoxy groups -OCH3 is 1. The molecule has 130 valence electrons. The molecule has 7 heteroatoms. The first-order valence-electron chi connectivity index (χ1n) is 8.47. The lowest BCUT2D eigenvalue weighted by Gasteiger charge is -2.12. The number of nitrogens with zero attached hydrogens (tertiary/aromatic N) is 4. The molecular weight excluding hydrogens is 318 g/mol. The van der Waals surface area contributed by atoms with Crippen molar-refractivity contribution in [1.29, 1.82) is 0 Å². The van der Waals surface area contributed by atoms with E-state index in [0.717, 1.165) is 54.3 Å². The van der Waals surface area contributed by atoms with Gasteiger partial charge in [0.2, 0.25) is 0 Å². The fourth-order valence-corrected chi connectivity index (χ4v) is 3.08. The van der Waals surface area contributed by atoms with Crippen LogP contribution in [0.15, 0.2) is 30.5 Å². The summed E-state index contributed by atoms with van der Waals surface area (Å²) in [6.07, 6.45) is 4.27. The van der Waals surface area contributed by atoms with Gasteiger partial charge in [-0.2, -0.15) is 5.10 Å². The second-order valence-corrected chi connectivity index (χ2v) is 6.13. The second kappa shape index (κ2) is 6.68. The molecule has 1 fully saturated rings. The van der Waals surface area contributed by atoms with Gasteiger partial charge >= 0.3 is 0 Å². The Hall–Kier alpha value is -2.67. The highest BCUT2D eigenvalue weighted by atomic mass is 16.5. The Bertz CT molecular complexity index is 869. The highest BCUT2D eigenvalue weighted by Crippen LogP contribution is 2.24. The van der Waals surface area contributed by atoms with Crippen LogP contribution in [-0.4, -0.2) is 46.1 Å². The maximum Gasteiger partial charge on any atom is 0.168 e. The molecule has 25 heavy (non-hydrogen) atoms. The Morgan fingerprint density at radius 2 is 2.12 bits per heavy atom. The van der Waals surface area contributed by atoms with Crippen molar-refractivity contribution in [2.75, 3.05) is 25.6 Å². The predicted molar refractivity (Wildman–Crippen MR) is 95.4 cm³/mol. The van der Waals surface area contributed by atoms with Crippen LogP contribution in [0, 0.1) is 6.92 Å². The van der Waals surface area contributed by atoms with E-state index in [0.29, 0.717) is 5.82 Å². The molecular formula is C18H21N5O2. The first kappa shape index (κ1) is 15.8. The van der Waals surface area contributed by atoms with E-state index in [1.165, 1.54) is 0 Å². The minimum absolute atomic E-state index is 0.252. The molecule has 1 aliphatic rings. The van der Waals surface area contributed by atoms with E-state index in [4.69, 9.17) is 9.47 Å². The van der Waals surface area contributed by atoms with E-state index < -0.39 is 0 Å². The molecule has 0 amide bonds. The lowest BCUT2D eigenvalue weighted by atomic mass is 10.2. The minimum Gasteiger partial charge on any atom is -0.497 e. The van der Waals surface area contributed by atoms with Crippen LogP contribution in [0.1, 0.15) is 18.7 Å². The molecule has 1 N–H and O–H groups in total. The number of hydrogen-bond donors (Lipinski definition) is 1. The number of anilines is 1. The van der Waals surface area contributed by atoms with Crippen LogP contribution in [0.4, 0.5) is 5.82 Å². The first-order chi connectivity index (χ1) is 12.2. The van der Waals surface area contributed by atoms with E-state index in [2.05, 4.69) is 20.4 Å². The number of hydrogen-bond acceptors (Lipinski definition) is 6. The number of benzene rings is 1. The van der Waals surface area contributed by atoms with Gasteiger partial charge < -0.3 is 14.8 Å². The summed E-state index contributed by atoms with van der Waals surface area (Å²) >= 11 is 0. The summed E-state index contributed by atoms with van der Waals surface area (Å²) in [4.78, 5) is 9.13. The maximum atomic E-state index is 5.67. The van der Waals surface area contributed by atoms with Gasteiger partial charge in [0.15, 0.2) is 5.65 Å². The average Bonchev–Trinajstić information content (AvgIpc) is 3.29. The molecule has 0 radical (unpaired) electrons. The van der Waals surface area contributed by atoms with Crippen LogP contribution in [0.2, 0.25) is 0 Å². The zero-order valence-electron chi connectivity index (χ0n) is 14.4. The molecule has 1 aliphatic heterocycles. The number of rotatable bonds is 5. The maximum absolute atomic E-state index is 5.67. The van der Waals surface area contributed by atoms with Crippen molar-refractivity contribution >= 4 is 16.9 Å². The summed E-state index contributed by atoms with van der Waals surface area (Å²) in [5.41, 5.74) is 1.71. The van der Waals surface area contributed by atoms with Crippen molar-refractivity contribution in [3.05, 3.63) is 36.3 Å². The molecule has 0 spiro atoms. The molecule has 1 atom stereocenters. The fraction of sp³-hybridized carbons (Fsp3) is 0.389. The SMILES string of the molecule is COc1ccc(-n2ncc3c(NCC4CCCO4)nc(C)nc32)cc1. The molecule has 3 heterocycles. The van der Waals surface area contributed by atoms with Crippen molar-refractivity contribution in [2.24, 2.45) is 0 Å². The number of ether oxygens (including phenoxy) is 2. The summed E-state index contributed by atoms with van der Waals surface area (Å²) < 4.78 is 12.7. The van der Waals surface area contributed by atoms with E-state index in [1.54, 1.807) is 13.3 Å². The van der Waals surface area contributed by atoms with Gasteiger partial charge in [0.05, 0.1) is 30.5 Å². The van der Waals surface area contributed by atoms with E-state index >= 15 is 0 Å². The fourth-order valence-electron chi connectivity index (χ4n) is 3.08. The van der Waals surface area contributed by atoms with Gasteiger partial charge in [0.25, 0.3) is 0 Å². The van der Waals surface area contributed by atoms with Crippen LogP contribution in [0.5, 0.6) is 5.75 Å². The largest absolute Gasteiger partial charge is 0.497 e. The molecule has 1 aromatic carbocycles. The smallest absolute Gasteiger partial charge is 0.168 e. The molecule has 1 unspecified atom stereocenters. The highest BCUT2D eigenvalue weighted by molar-refractivity contribution is 5.87. The summed E-state index contributed by atoms with van der Waals surface area (Å²) in [7, 11) is 1.65. The molecule has 3 aromatic rings. The summed E-state index contributed by atoms with van der Waals surface area (Å²) in [5.74, 6) is 2.32. The quantitative estimate of drug-likeness (QED) is 0.770. The van der Waals surface area contributed by atoms with Crippen LogP contribution >= 0.6 is 0 Å². The number of aryl methyl sites for hydroxylation is 1. The Labute approximate surface area is 146 Å². The van der Waals surface area contributed by atoms with Crippen LogP contribution in [0.25, 0.3) is 16.7 Å². The van der Waals surface area contributed by atoms with Crippen molar-refractivity contribution in [1.82, 2.24) is 19.7 Å². The van der Waals surface area contributed by atoms with Crippen molar-refractivity contribution in [3.8, 4) is 11.4 Å². The predicted octanol–water partition coefficient (Wildman–Crippen LogP) is 2.72. The molecule has 2 aromatic heterocycles. The average molecular weight is 339 g/mol. The van der Waals surface area contributed by atoms with Gasteiger partial charge in [-0.3, -0.25) is 0 Å². The van der Waals surface area contributed by atoms with E-state index in [9.17, 15) is 0 Å². The third kappa shape index (κ3) is 3.15. The third-order valence-electron chi connectivity index (χ3n) is 4.38. The summed E-state index contributed by atoms with van der Waals surface area (Å²) in [6, 6.07) is 7.74. The zero-order chi connectivity index (χ0) is 17.2. The standard InChI is InChI=1S/C18H21N5O2/c1-12-21-17(19-10-15-4-3-9-25-15)16-11-20-23(18(16)22-12)13-5-7-14(24-2)8-6-13/h5-8,11,15H,3-4,9-10H2,1-2H3,(H,19,21,22). The Morgan fingerprint density at radius 1 is 1.28 bits per heavy atom. The Morgan fingerprint density at radius 3 is 2.84 bits per heavy atom. The van der Waals surface area contributed by atoms with Crippen LogP contribution in [0.3, 0.4) is 0 Å². The minimum atomic E-state index is 0.252. The van der Waals surface area contributed by atoms with Crippen LogP contribution < -0.4 is 10.1 Å². The van der Waals surface area contributed by atoms with Crippen molar-refractivity contribution in [3.63, 3.8) is 0 Å².